The fourth-order valence-corrected chi connectivity index (χ4v) is 4.10. The van der Waals surface area contributed by atoms with Crippen molar-refractivity contribution in [3.05, 3.63) is 95.2 Å². The Morgan fingerprint density at radius 2 is 1.84 bits per heavy atom. The summed E-state index contributed by atoms with van der Waals surface area (Å²) in [7, 11) is 4.01. The van der Waals surface area contributed by atoms with Crippen LogP contribution in [-0.2, 0) is 7.05 Å². The van der Waals surface area contributed by atoms with Crippen molar-refractivity contribution in [3.8, 4) is 16.9 Å². The quantitative estimate of drug-likeness (QED) is 0.327. The third-order valence-electron chi connectivity index (χ3n) is 5.83. The van der Waals surface area contributed by atoms with Crippen molar-refractivity contribution in [2.75, 3.05) is 11.9 Å². The molecule has 0 amide bonds. The summed E-state index contributed by atoms with van der Waals surface area (Å²) in [5.41, 5.74) is 6.33. The highest BCUT2D eigenvalue weighted by atomic mass is 35.5. The van der Waals surface area contributed by atoms with E-state index in [1.807, 2.05) is 49.3 Å². The maximum Gasteiger partial charge on any atom is 0.374 e. The van der Waals surface area contributed by atoms with E-state index in [0.29, 0.717) is 5.02 Å². The first-order chi connectivity index (χ1) is 15.5. The van der Waals surface area contributed by atoms with Crippen LogP contribution in [0.4, 0.5) is 5.69 Å². The molecule has 160 valence electrons. The predicted molar refractivity (Wildman–Crippen MR) is 130 cm³/mol. The Hall–Kier alpha value is -3.50. The average molecular weight is 444 g/mol. The van der Waals surface area contributed by atoms with Gasteiger partial charge in [-0.25, -0.2) is 0 Å². The van der Waals surface area contributed by atoms with Crippen LogP contribution < -0.4 is 14.2 Å². The largest absolute Gasteiger partial charge is 0.439 e. The van der Waals surface area contributed by atoms with Crippen LogP contribution in [0.15, 0.2) is 88.7 Å². The van der Waals surface area contributed by atoms with Gasteiger partial charge in [0, 0.05) is 24.2 Å². The van der Waals surface area contributed by atoms with Crippen molar-refractivity contribution in [3.63, 3.8) is 0 Å². The topological polar surface area (TPSA) is 29.5 Å². The number of anilines is 1. The zero-order valence-corrected chi connectivity index (χ0v) is 19.1. The first kappa shape index (κ1) is 20.4. The minimum absolute atomic E-state index is 0.691. The van der Waals surface area contributed by atoms with Crippen LogP contribution in [0, 0.1) is 0 Å². The monoisotopic (exact) mass is 443 g/mol. The second-order valence-corrected chi connectivity index (χ2v) is 8.31. The van der Waals surface area contributed by atoms with E-state index in [4.69, 9.17) is 20.8 Å². The molecule has 0 saturated carbocycles. The number of hydrogen-bond acceptors (Lipinski definition) is 3. The number of allylic oxidation sites excluding steroid dienone is 2. The van der Waals surface area contributed by atoms with E-state index in [0.717, 1.165) is 46.3 Å². The van der Waals surface area contributed by atoms with E-state index in [-0.39, 0.29) is 0 Å². The Kier molecular flexibility index (Phi) is 5.24. The lowest BCUT2D eigenvalue weighted by atomic mass is 10.1. The van der Waals surface area contributed by atoms with Crippen LogP contribution in [0.5, 0.6) is 5.75 Å². The number of rotatable bonds is 4. The SMILES string of the molecule is CC/C(C=C1Oc2ccc(Cl)cc2N1C)=C\c1oc2ccc(-c3ccccc3)cc2[n+]1C. The number of nitrogens with zero attached hydrogens (tertiary/aromatic N) is 2. The molecule has 5 rings (SSSR count). The van der Waals surface area contributed by atoms with Crippen LogP contribution >= 0.6 is 11.6 Å². The van der Waals surface area contributed by atoms with E-state index < -0.39 is 0 Å². The molecule has 4 aromatic rings. The third kappa shape index (κ3) is 3.67. The lowest BCUT2D eigenvalue weighted by molar-refractivity contribution is -0.652. The molecule has 32 heavy (non-hydrogen) atoms. The third-order valence-corrected chi connectivity index (χ3v) is 6.06. The van der Waals surface area contributed by atoms with E-state index in [1.54, 1.807) is 0 Å². The molecule has 4 nitrogen and oxygen atoms in total. The Labute approximate surface area is 192 Å². The summed E-state index contributed by atoms with van der Waals surface area (Å²) in [5, 5.41) is 0.691. The van der Waals surface area contributed by atoms with E-state index >= 15 is 0 Å². The minimum Gasteiger partial charge on any atom is -0.439 e. The smallest absolute Gasteiger partial charge is 0.374 e. The van der Waals surface area contributed by atoms with Crippen LogP contribution in [0.2, 0.25) is 5.02 Å². The maximum absolute atomic E-state index is 6.18. The highest BCUT2D eigenvalue weighted by Gasteiger charge is 2.24. The van der Waals surface area contributed by atoms with E-state index in [2.05, 4.69) is 60.0 Å². The van der Waals surface area contributed by atoms with Gasteiger partial charge in [-0.3, -0.25) is 0 Å². The van der Waals surface area contributed by atoms with Crippen LogP contribution in [0.3, 0.4) is 0 Å². The molecule has 3 aromatic carbocycles. The molecule has 0 saturated heterocycles. The van der Waals surface area contributed by atoms with Gasteiger partial charge in [0.25, 0.3) is 5.52 Å². The molecule has 0 bridgehead atoms. The maximum atomic E-state index is 6.18. The van der Waals surface area contributed by atoms with Gasteiger partial charge < -0.3 is 14.1 Å². The molecular weight excluding hydrogens is 420 g/mol. The number of aryl methyl sites for hydroxylation is 1. The summed E-state index contributed by atoms with van der Waals surface area (Å²) in [6.07, 6.45) is 4.96. The summed E-state index contributed by atoms with van der Waals surface area (Å²) in [4.78, 5) is 2.01. The van der Waals surface area contributed by atoms with Crippen LogP contribution in [-0.4, -0.2) is 7.05 Å². The first-order valence-electron chi connectivity index (χ1n) is 10.6. The Balaban J connectivity index is 1.50. The highest BCUT2D eigenvalue weighted by molar-refractivity contribution is 6.31. The molecule has 0 unspecified atom stereocenters. The van der Waals surface area contributed by atoms with Crippen molar-refractivity contribution in [1.82, 2.24) is 0 Å². The molecule has 1 aliphatic rings. The standard InChI is InChI=1S/C27H24ClN2O2/c1-4-18(15-27-30(3)23-17-21(28)11-13-25(23)32-27)14-26-29(2)22-16-20(10-12-24(22)31-26)19-8-6-5-7-9-19/h5-17H,4H2,1-3H3/q+1. The van der Waals surface area contributed by atoms with E-state index in [9.17, 15) is 0 Å². The summed E-state index contributed by atoms with van der Waals surface area (Å²) in [6, 6.07) is 22.3. The Morgan fingerprint density at radius 1 is 1.03 bits per heavy atom. The molecule has 0 fully saturated rings. The molecule has 0 N–H and O–H groups in total. The van der Waals surface area contributed by atoms with Crippen molar-refractivity contribution in [1.29, 1.82) is 0 Å². The Morgan fingerprint density at radius 3 is 2.62 bits per heavy atom. The number of oxazole rings is 1. The van der Waals surface area contributed by atoms with Crippen molar-refractivity contribution in [2.45, 2.75) is 13.3 Å². The number of benzene rings is 3. The average Bonchev–Trinajstić information content (AvgIpc) is 3.29. The molecular formula is C27H24ClN2O2+. The number of hydrogen-bond donors (Lipinski definition) is 0. The van der Waals surface area contributed by atoms with Gasteiger partial charge in [0.2, 0.25) is 11.5 Å². The second kappa shape index (κ2) is 8.21. The number of ether oxygens (including phenoxy) is 1. The van der Waals surface area contributed by atoms with Gasteiger partial charge in [-0.1, -0.05) is 54.9 Å². The number of aromatic nitrogens is 1. The number of halogens is 1. The molecule has 1 aliphatic heterocycles. The first-order valence-corrected chi connectivity index (χ1v) is 11.0. The fraction of sp³-hybridized carbons (Fsp3) is 0.148. The molecule has 0 aliphatic carbocycles. The molecule has 1 aromatic heterocycles. The predicted octanol–water partition coefficient (Wildman–Crippen LogP) is 6.74. The summed E-state index contributed by atoms with van der Waals surface area (Å²) >= 11 is 6.15. The zero-order chi connectivity index (χ0) is 22.2. The highest BCUT2D eigenvalue weighted by Crippen LogP contribution is 2.40. The molecule has 0 radical (unpaired) electrons. The van der Waals surface area contributed by atoms with E-state index in [1.165, 1.54) is 11.1 Å². The minimum atomic E-state index is 0.691. The Bertz CT molecular complexity index is 1370. The molecule has 0 spiro atoms. The van der Waals surface area contributed by atoms with Crippen molar-refractivity contribution < 1.29 is 13.7 Å². The molecule has 0 atom stereocenters. The lowest BCUT2D eigenvalue weighted by Crippen LogP contribution is -2.29. The normalized spacial score (nSPS) is 14.8. The molecule has 2 heterocycles. The van der Waals surface area contributed by atoms with Gasteiger partial charge in [0.1, 0.15) is 7.05 Å². The van der Waals surface area contributed by atoms with Crippen molar-refractivity contribution in [2.24, 2.45) is 7.05 Å². The lowest BCUT2D eigenvalue weighted by Gasteiger charge is -2.11. The van der Waals surface area contributed by atoms with Gasteiger partial charge in [-0.2, -0.15) is 4.57 Å². The van der Waals surface area contributed by atoms with Crippen molar-refractivity contribution >= 4 is 34.5 Å². The van der Waals surface area contributed by atoms with Gasteiger partial charge in [0.15, 0.2) is 5.75 Å². The number of fused-ring (bicyclic) bond motifs is 2. The van der Waals surface area contributed by atoms with Gasteiger partial charge in [-0.05, 0) is 47.4 Å². The second-order valence-electron chi connectivity index (χ2n) is 7.88. The fourth-order valence-electron chi connectivity index (χ4n) is 3.93. The van der Waals surface area contributed by atoms with Gasteiger partial charge in [0.05, 0.1) is 11.8 Å². The van der Waals surface area contributed by atoms with Crippen LogP contribution in [0.1, 0.15) is 19.2 Å². The summed E-state index contributed by atoms with van der Waals surface area (Å²) in [6.45, 7) is 2.12. The van der Waals surface area contributed by atoms with Gasteiger partial charge in [-0.15, -0.1) is 0 Å². The van der Waals surface area contributed by atoms with Crippen LogP contribution in [0.25, 0.3) is 28.3 Å². The van der Waals surface area contributed by atoms with Gasteiger partial charge >= 0.3 is 5.89 Å². The summed E-state index contributed by atoms with van der Waals surface area (Å²) in [5.74, 6) is 2.36. The summed E-state index contributed by atoms with van der Waals surface area (Å²) < 4.78 is 14.3. The zero-order valence-electron chi connectivity index (χ0n) is 18.3. The molecule has 5 heteroatoms.